The first kappa shape index (κ1) is 21.2. The van der Waals surface area contributed by atoms with E-state index in [2.05, 4.69) is 73.9 Å². The molecule has 1 aliphatic heterocycles. The van der Waals surface area contributed by atoms with Gasteiger partial charge in [0.15, 0.2) is 5.82 Å². The van der Waals surface area contributed by atoms with Crippen LogP contribution in [0.2, 0.25) is 0 Å². The fourth-order valence-electron chi connectivity index (χ4n) is 4.55. The molecule has 5 rings (SSSR count). The van der Waals surface area contributed by atoms with Crippen LogP contribution in [0.25, 0.3) is 0 Å². The molecule has 1 fully saturated rings. The van der Waals surface area contributed by atoms with Crippen LogP contribution in [0.5, 0.6) is 5.75 Å². The van der Waals surface area contributed by atoms with Crippen LogP contribution in [0.3, 0.4) is 0 Å². The van der Waals surface area contributed by atoms with Gasteiger partial charge in [0.05, 0.1) is 25.4 Å². The molecule has 0 bridgehead atoms. The molecular formula is C26H28N6O. The Kier molecular flexibility index (Phi) is 6.30. The lowest BCUT2D eigenvalue weighted by Crippen LogP contribution is -2.48. The molecular weight excluding hydrogens is 412 g/mol. The van der Waals surface area contributed by atoms with E-state index in [1.165, 1.54) is 11.1 Å². The van der Waals surface area contributed by atoms with Gasteiger partial charge < -0.3 is 9.64 Å². The van der Waals surface area contributed by atoms with Crippen molar-refractivity contribution in [2.24, 2.45) is 0 Å². The van der Waals surface area contributed by atoms with Crippen molar-refractivity contribution in [3.63, 3.8) is 0 Å². The van der Waals surface area contributed by atoms with Gasteiger partial charge in [-0.2, -0.15) is 0 Å². The van der Waals surface area contributed by atoms with E-state index in [0.717, 1.165) is 43.4 Å². The standard InChI is InChI=1S/C26H28N6O/c1-33-24-15-9-8-14-23(24)30-16-18-31(19-17-30)25(22-12-6-3-7-13-22)26-27-28-29-32(26)20-21-10-4-2-5-11-21/h2-15,25H,16-20H2,1H3/t25-/m1/s1. The van der Waals surface area contributed by atoms with Crippen molar-refractivity contribution >= 4 is 5.69 Å². The van der Waals surface area contributed by atoms with Gasteiger partial charge in [-0.1, -0.05) is 72.8 Å². The third kappa shape index (κ3) is 4.59. The summed E-state index contributed by atoms with van der Waals surface area (Å²) in [6.45, 7) is 4.26. The van der Waals surface area contributed by atoms with E-state index in [9.17, 15) is 0 Å². The van der Waals surface area contributed by atoms with Crippen LogP contribution in [0, 0.1) is 0 Å². The summed E-state index contributed by atoms with van der Waals surface area (Å²) in [7, 11) is 1.73. The van der Waals surface area contributed by atoms with E-state index >= 15 is 0 Å². The van der Waals surface area contributed by atoms with E-state index in [1.807, 2.05) is 41.1 Å². The number of para-hydroxylation sites is 2. The van der Waals surface area contributed by atoms with Crippen molar-refractivity contribution in [2.45, 2.75) is 12.6 Å². The Morgan fingerprint density at radius 3 is 2.21 bits per heavy atom. The van der Waals surface area contributed by atoms with Crippen molar-refractivity contribution in [1.82, 2.24) is 25.1 Å². The topological polar surface area (TPSA) is 59.3 Å². The van der Waals surface area contributed by atoms with E-state index < -0.39 is 0 Å². The monoisotopic (exact) mass is 440 g/mol. The zero-order valence-corrected chi connectivity index (χ0v) is 18.8. The van der Waals surface area contributed by atoms with Crippen LogP contribution in [0.1, 0.15) is 23.0 Å². The first-order valence-corrected chi connectivity index (χ1v) is 11.3. The highest BCUT2D eigenvalue weighted by Gasteiger charge is 2.31. The molecule has 0 spiro atoms. The maximum absolute atomic E-state index is 5.59. The second kappa shape index (κ2) is 9.83. The average molecular weight is 441 g/mol. The molecule has 33 heavy (non-hydrogen) atoms. The smallest absolute Gasteiger partial charge is 0.173 e. The van der Waals surface area contributed by atoms with Crippen molar-refractivity contribution in [2.75, 3.05) is 38.2 Å². The molecule has 0 aliphatic carbocycles. The molecule has 7 heteroatoms. The highest BCUT2D eigenvalue weighted by molar-refractivity contribution is 5.58. The number of piperazine rings is 1. The van der Waals surface area contributed by atoms with E-state index in [-0.39, 0.29) is 6.04 Å². The lowest BCUT2D eigenvalue weighted by atomic mass is 10.0. The van der Waals surface area contributed by atoms with Crippen LogP contribution in [0.4, 0.5) is 5.69 Å². The molecule has 0 N–H and O–H groups in total. The Hall–Kier alpha value is -3.71. The van der Waals surface area contributed by atoms with Crippen LogP contribution in [-0.2, 0) is 6.54 Å². The van der Waals surface area contributed by atoms with Gasteiger partial charge in [-0.05, 0) is 33.7 Å². The number of hydrogen-bond acceptors (Lipinski definition) is 6. The lowest BCUT2D eigenvalue weighted by Gasteiger charge is -2.40. The number of tetrazole rings is 1. The number of ether oxygens (including phenoxy) is 1. The predicted molar refractivity (Wildman–Crippen MR) is 128 cm³/mol. The number of hydrogen-bond donors (Lipinski definition) is 0. The van der Waals surface area contributed by atoms with Gasteiger partial charge in [0.25, 0.3) is 0 Å². The molecule has 1 atom stereocenters. The molecule has 0 saturated carbocycles. The normalized spacial score (nSPS) is 15.4. The van der Waals surface area contributed by atoms with Crippen LogP contribution >= 0.6 is 0 Å². The van der Waals surface area contributed by atoms with Crippen molar-refractivity contribution < 1.29 is 4.74 Å². The molecule has 0 amide bonds. The summed E-state index contributed by atoms with van der Waals surface area (Å²) in [6, 6.07) is 29.1. The SMILES string of the molecule is COc1ccccc1N1CCN([C@H](c2ccccc2)c2nnnn2Cc2ccccc2)CC1. The zero-order chi connectivity index (χ0) is 22.5. The number of anilines is 1. The zero-order valence-electron chi connectivity index (χ0n) is 18.8. The molecule has 7 nitrogen and oxygen atoms in total. The minimum absolute atomic E-state index is 0.00951. The summed E-state index contributed by atoms with van der Waals surface area (Å²) in [5.41, 5.74) is 3.52. The first-order valence-electron chi connectivity index (χ1n) is 11.3. The number of benzene rings is 3. The van der Waals surface area contributed by atoms with Gasteiger partial charge in [-0.15, -0.1) is 5.10 Å². The van der Waals surface area contributed by atoms with Crippen molar-refractivity contribution in [3.8, 4) is 5.75 Å². The largest absolute Gasteiger partial charge is 0.495 e. The van der Waals surface area contributed by atoms with Gasteiger partial charge in [0, 0.05) is 26.2 Å². The molecule has 2 heterocycles. The van der Waals surface area contributed by atoms with Crippen LogP contribution < -0.4 is 9.64 Å². The molecule has 0 radical (unpaired) electrons. The van der Waals surface area contributed by atoms with Gasteiger partial charge in [0.2, 0.25) is 0 Å². The van der Waals surface area contributed by atoms with Gasteiger partial charge in [0.1, 0.15) is 5.75 Å². The Bertz CT molecular complexity index is 1160. The summed E-state index contributed by atoms with van der Waals surface area (Å²) in [5.74, 6) is 1.79. The first-order chi connectivity index (χ1) is 16.3. The summed E-state index contributed by atoms with van der Waals surface area (Å²) in [4.78, 5) is 4.87. The number of methoxy groups -OCH3 is 1. The number of nitrogens with zero attached hydrogens (tertiary/aromatic N) is 6. The van der Waals surface area contributed by atoms with Gasteiger partial charge in [-0.3, -0.25) is 4.90 Å². The molecule has 0 unspecified atom stereocenters. The van der Waals surface area contributed by atoms with Crippen LogP contribution in [-0.4, -0.2) is 58.4 Å². The third-order valence-corrected chi connectivity index (χ3v) is 6.20. The molecule has 1 aliphatic rings. The Labute approximate surface area is 194 Å². The Balaban J connectivity index is 1.41. The Morgan fingerprint density at radius 2 is 1.48 bits per heavy atom. The van der Waals surface area contributed by atoms with Crippen molar-refractivity contribution in [1.29, 1.82) is 0 Å². The number of aromatic nitrogens is 4. The minimum atomic E-state index is -0.00951. The molecule has 168 valence electrons. The lowest BCUT2D eigenvalue weighted by molar-refractivity contribution is 0.201. The summed E-state index contributed by atoms with van der Waals surface area (Å²) >= 11 is 0. The van der Waals surface area contributed by atoms with E-state index in [4.69, 9.17) is 4.74 Å². The highest BCUT2D eigenvalue weighted by atomic mass is 16.5. The highest BCUT2D eigenvalue weighted by Crippen LogP contribution is 2.32. The summed E-state index contributed by atoms with van der Waals surface area (Å²) in [6.07, 6.45) is 0. The maximum atomic E-state index is 5.59. The molecule has 1 saturated heterocycles. The van der Waals surface area contributed by atoms with Gasteiger partial charge >= 0.3 is 0 Å². The second-order valence-corrected chi connectivity index (χ2v) is 8.19. The summed E-state index contributed by atoms with van der Waals surface area (Å²) in [5, 5.41) is 12.9. The second-order valence-electron chi connectivity index (χ2n) is 8.19. The summed E-state index contributed by atoms with van der Waals surface area (Å²) < 4.78 is 7.52. The van der Waals surface area contributed by atoms with E-state index in [1.54, 1.807) is 7.11 Å². The van der Waals surface area contributed by atoms with Crippen molar-refractivity contribution in [3.05, 3.63) is 102 Å². The molecule has 4 aromatic rings. The quantitative estimate of drug-likeness (QED) is 0.437. The molecule has 1 aromatic heterocycles. The average Bonchev–Trinajstić information content (AvgIpc) is 3.33. The van der Waals surface area contributed by atoms with Gasteiger partial charge in [-0.25, -0.2) is 4.68 Å². The van der Waals surface area contributed by atoms with E-state index in [0.29, 0.717) is 6.54 Å². The third-order valence-electron chi connectivity index (χ3n) is 6.20. The predicted octanol–water partition coefficient (Wildman–Crippen LogP) is 3.64. The van der Waals surface area contributed by atoms with Crippen LogP contribution in [0.15, 0.2) is 84.9 Å². The maximum Gasteiger partial charge on any atom is 0.173 e. The number of rotatable bonds is 7. The minimum Gasteiger partial charge on any atom is -0.495 e. The fraction of sp³-hybridized carbons (Fsp3) is 0.269. The Morgan fingerprint density at radius 1 is 0.818 bits per heavy atom. The molecule has 3 aromatic carbocycles. The fourth-order valence-corrected chi connectivity index (χ4v) is 4.55.